The molecule has 1 N–H and O–H groups in total. The second-order valence-corrected chi connectivity index (χ2v) is 7.22. The lowest BCUT2D eigenvalue weighted by Crippen LogP contribution is -2.35. The van der Waals surface area contributed by atoms with Crippen LogP contribution in [-0.4, -0.2) is 12.6 Å². The Kier molecular flexibility index (Phi) is 4.75. The minimum absolute atomic E-state index is 0.236. The number of halogens is 2. The molecule has 0 aliphatic carbocycles. The van der Waals surface area contributed by atoms with Gasteiger partial charge in [0.1, 0.15) is 5.75 Å². The normalized spacial score (nSPS) is 18.9. The molecule has 2 heterocycles. The highest BCUT2D eigenvalue weighted by molar-refractivity contribution is 7.09. The smallest absolute Gasteiger partial charge is 0.142 e. The van der Waals surface area contributed by atoms with Crippen LogP contribution in [0.3, 0.4) is 0 Å². The molecule has 0 fully saturated rings. The van der Waals surface area contributed by atoms with Crippen LogP contribution in [0, 0.1) is 0 Å². The standard InChI is InChI=1S/C16H17Cl2NOS/c1-10(7-12-3-2-6-21-12)19-15-4-5-20-16-13(15)8-11(17)9-14(16)18/h2-3,6,8-10,15,19H,4-5,7H2,1H3. The van der Waals surface area contributed by atoms with Crippen molar-refractivity contribution in [3.63, 3.8) is 0 Å². The topological polar surface area (TPSA) is 21.3 Å². The molecule has 112 valence electrons. The SMILES string of the molecule is CC(Cc1cccs1)NC1CCOc2c(Cl)cc(Cl)cc21. The van der Waals surface area contributed by atoms with E-state index in [4.69, 9.17) is 27.9 Å². The van der Waals surface area contributed by atoms with Crippen molar-refractivity contribution >= 4 is 34.5 Å². The largest absolute Gasteiger partial charge is 0.492 e. The van der Waals surface area contributed by atoms with Gasteiger partial charge in [-0.15, -0.1) is 11.3 Å². The predicted octanol–water partition coefficient (Wildman–Crippen LogP) is 5.10. The fraction of sp³-hybridized carbons (Fsp3) is 0.375. The molecule has 0 spiro atoms. The summed E-state index contributed by atoms with van der Waals surface area (Å²) in [5, 5.41) is 7.04. The van der Waals surface area contributed by atoms with Crippen molar-refractivity contribution in [2.24, 2.45) is 0 Å². The van der Waals surface area contributed by atoms with E-state index in [2.05, 4.69) is 29.8 Å². The third-order valence-corrected chi connectivity index (χ3v) is 5.04. The van der Waals surface area contributed by atoms with E-state index in [-0.39, 0.29) is 6.04 Å². The van der Waals surface area contributed by atoms with Crippen molar-refractivity contribution in [3.05, 3.63) is 50.1 Å². The molecular weight excluding hydrogens is 325 g/mol. The van der Waals surface area contributed by atoms with Gasteiger partial charge in [0, 0.05) is 34.0 Å². The minimum Gasteiger partial charge on any atom is -0.492 e. The summed E-state index contributed by atoms with van der Waals surface area (Å²) >= 11 is 14.2. The monoisotopic (exact) mass is 341 g/mol. The number of benzene rings is 1. The van der Waals surface area contributed by atoms with Crippen molar-refractivity contribution < 1.29 is 4.74 Å². The predicted molar refractivity (Wildman–Crippen MR) is 89.9 cm³/mol. The summed E-state index contributed by atoms with van der Waals surface area (Å²) in [5.41, 5.74) is 1.07. The van der Waals surface area contributed by atoms with Gasteiger partial charge in [0.25, 0.3) is 0 Å². The highest BCUT2D eigenvalue weighted by atomic mass is 35.5. The Labute approximate surface area is 139 Å². The van der Waals surface area contributed by atoms with Crippen molar-refractivity contribution in [1.82, 2.24) is 5.32 Å². The number of fused-ring (bicyclic) bond motifs is 1. The molecule has 2 atom stereocenters. The molecule has 1 aromatic carbocycles. The molecule has 1 aromatic heterocycles. The molecule has 2 aromatic rings. The van der Waals surface area contributed by atoms with Crippen molar-refractivity contribution in [2.75, 3.05) is 6.61 Å². The number of hydrogen-bond donors (Lipinski definition) is 1. The maximum atomic E-state index is 6.23. The van der Waals surface area contributed by atoms with Crippen molar-refractivity contribution in [2.45, 2.75) is 31.8 Å². The summed E-state index contributed by atoms with van der Waals surface area (Å²) in [6.07, 6.45) is 1.96. The molecule has 2 nitrogen and oxygen atoms in total. The Hall–Kier alpha value is -0.740. The van der Waals surface area contributed by atoms with Crippen LogP contribution >= 0.6 is 34.5 Å². The van der Waals surface area contributed by atoms with E-state index in [1.165, 1.54) is 4.88 Å². The zero-order chi connectivity index (χ0) is 14.8. The fourth-order valence-corrected chi connectivity index (χ4v) is 4.13. The first-order valence-electron chi connectivity index (χ1n) is 7.03. The van der Waals surface area contributed by atoms with E-state index in [1.807, 2.05) is 6.07 Å². The molecule has 3 rings (SSSR count). The van der Waals surface area contributed by atoms with Gasteiger partial charge in [-0.3, -0.25) is 0 Å². The Morgan fingerprint density at radius 1 is 1.43 bits per heavy atom. The highest BCUT2D eigenvalue weighted by Gasteiger charge is 2.25. The molecule has 0 saturated heterocycles. The molecule has 21 heavy (non-hydrogen) atoms. The van der Waals surface area contributed by atoms with Crippen LogP contribution in [0.1, 0.15) is 29.8 Å². The van der Waals surface area contributed by atoms with Gasteiger partial charge < -0.3 is 10.1 Å². The summed E-state index contributed by atoms with van der Waals surface area (Å²) in [6, 6.07) is 8.58. The zero-order valence-electron chi connectivity index (χ0n) is 11.7. The van der Waals surface area contributed by atoms with E-state index >= 15 is 0 Å². The molecule has 0 radical (unpaired) electrons. The van der Waals surface area contributed by atoms with Crippen LogP contribution in [0.4, 0.5) is 0 Å². The maximum Gasteiger partial charge on any atom is 0.142 e. The molecule has 0 amide bonds. The zero-order valence-corrected chi connectivity index (χ0v) is 14.1. The molecule has 2 unspecified atom stereocenters. The lowest BCUT2D eigenvalue weighted by atomic mass is 9.99. The minimum atomic E-state index is 0.236. The van der Waals surface area contributed by atoms with Gasteiger partial charge in [-0.1, -0.05) is 29.3 Å². The van der Waals surface area contributed by atoms with Crippen molar-refractivity contribution in [3.8, 4) is 5.75 Å². The Bertz CT molecular complexity index is 615. The van der Waals surface area contributed by atoms with Crippen LogP contribution in [-0.2, 0) is 6.42 Å². The van der Waals surface area contributed by atoms with Crippen molar-refractivity contribution in [1.29, 1.82) is 0 Å². The molecular formula is C16H17Cl2NOS. The van der Waals surface area contributed by atoms with Gasteiger partial charge in [0.05, 0.1) is 11.6 Å². The van der Waals surface area contributed by atoms with E-state index in [1.54, 1.807) is 17.4 Å². The van der Waals surface area contributed by atoms with Crippen LogP contribution in [0.25, 0.3) is 0 Å². The Balaban J connectivity index is 1.75. The molecule has 1 aliphatic rings. The first-order valence-corrected chi connectivity index (χ1v) is 8.67. The average Bonchev–Trinajstić information content (AvgIpc) is 2.92. The van der Waals surface area contributed by atoms with Gasteiger partial charge >= 0.3 is 0 Å². The first kappa shape index (κ1) is 15.2. The van der Waals surface area contributed by atoms with Gasteiger partial charge in [0.2, 0.25) is 0 Å². The van der Waals surface area contributed by atoms with Gasteiger partial charge in [-0.05, 0) is 36.9 Å². The van der Waals surface area contributed by atoms with Crippen LogP contribution < -0.4 is 10.1 Å². The van der Waals surface area contributed by atoms with Gasteiger partial charge in [-0.2, -0.15) is 0 Å². The highest BCUT2D eigenvalue weighted by Crippen LogP contribution is 2.40. The van der Waals surface area contributed by atoms with E-state index < -0.39 is 0 Å². The lowest BCUT2D eigenvalue weighted by Gasteiger charge is -2.30. The maximum absolute atomic E-state index is 6.23. The van der Waals surface area contributed by atoms with E-state index in [0.29, 0.717) is 22.7 Å². The summed E-state index contributed by atoms with van der Waals surface area (Å²) in [6.45, 7) is 2.89. The van der Waals surface area contributed by atoms with Crippen LogP contribution in [0.5, 0.6) is 5.75 Å². The van der Waals surface area contributed by atoms with Crippen LogP contribution in [0.15, 0.2) is 29.6 Å². The Morgan fingerprint density at radius 3 is 3.05 bits per heavy atom. The third kappa shape index (κ3) is 3.54. The second-order valence-electron chi connectivity index (χ2n) is 5.35. The van der Waals surface area contributed by atoms with Gasteiger partial charge in [-0.25, -0.2) is 0 Å². The van der Waals surface area contributed by atoms with Gasteiger partial charge in [0.15, 0.2) is 0 Å². The Morgan fingerprint density at radius 2 is 2.29 bits per heavy atom. The third-order valence-electron chi connectivity index (χ3n) is 3.64. The lowest BCUT2D eigenvalue weighted by molar-refractivity contribution is 0.246. The molecule has 5 heteroatoms. The molecule has 0 bridgehead atoms. The quantitative estimate of drug-likeness (QED) is 0.835. The summed E-state index contributed by atoms with van der Waals surface area (Å²) in [5.74, 6) is 0.771. The fourth-order valence-electron chi connectivity index (χ4n) is 2.73. The number of thiophene rings is 1. The first-order chi connectivity index (χ1) is 10.1. The summed E-state index contributed by atoms with van der Waals surface area (Å²) in [4.78, 5) is 1.39. The average molecular weight is 342 g/mol. The summed E-state index contributed by atoms with van der Waals surface area (Å²) < 4.78 is 5.70. The molecule has 0 saturated carbocycles. The number of hydrogen-bond acceptors (Lipinski definition) is 3. The number of nitrogens with one attached hydrogen (secondary N) is 1. The second kappa shape index (κ2) is 6.57. The summed E-state index contributed by atoms with van der Waals surface area (Å²) in [7, 11) is 0. The van der Waals surface area contributed by atoms with E-state index in [0.717, 1.165) is 24.2 Å². The van der Waals surface area contributed by atoms with Crippen LogP contribution in [0.2, 0.25) is 10.0 Å². The number of rotatable bonds is 4. The number of ether oxygens (including phenoxy) is 1. The van der Waals surface area contributed by atoms with E-state index in [9.17, 15) is 0 Å². The molecule has 1 aliphatic heterocycles.